The van der Waals surface area contributed by atoms with E-state index in [1.807, 2.05) is 36.6 Å². The minimum absolute atomic E-state index is 0.0166. The molecular formula is C24H24N2O2S. The number of ether oxygens (including phenoxy) is 1. The summed E-state index contributed by atoms with van der Waals surface area (Å²) in [7, 11) is 1.65. The van der Waals surface area contributed by atoms with Gasteiger partial charge in [-0.3, -0.25) is 9.36 Å². The Kier molecular flexibility index (Phi) is 5.35. The van der Waals surface area contributed by atoms with E-state index in [0.717, 1.165) is 21.5 Å². The van der Waals surface area contributed by atoms with Crippen molar-refractivity contribution in [1.29, 1.82) is 0 Å². The molecule has 0 fully saturated rings. The second-order valence-electron chi connectivity index (χ2n) is 7.38. The van der Waals surface area contributed by atoms with Crippen LogP contribution in [0.5, 0.6) is 0 Å². The van der Waals surface area contributed by atoms with Crippen molar-refractivity contribution < 1.29 is 4.74 Å². The van der Waals surface area contributed by atoms with E-state index in [4.69, 9.17) is 9.72 Å². The maximum atomic E-state index is 13.6. The topological polar surface area (TPSA) is 44.1 Å². The summed E-state index contributed by atoms with van der Waals surface area (Å²) in [5, 5.41) is 2.73. The van der Waals surface area contributed by atoms with Gasteiger partial charge in [-0.2, -0.15) is 0 Å². The van der Waals surface area contributed by atoms with Crippen molar-refractivity contribution in [3.8, 4) is 22.5 Å². The van der Waals surface area contributed by atoms with Crippen LogP contribution in [-0.4, -0.2) is 23.3 Å². The fourth-order valence-corrected chi connectivity index (χ4v) is 4.40. The fraction of sp³-hybridized carbons (Fsp3) is 0.250. The van der Waals surface area contributed by atoms with E-state index in [9.17, 15) is 4.79 Å². The number of benzene rings is 2. The zero-order chi connectivity index (χ0) is 20.5. The lowest BCUT2D eigenvalue weighted by atomic mass is 10.0. The van der Waals surface area contributed by atoms with Crippen LogP contribution in [0.4, 0.5) is 0 Å². The third kappa shape index (κ3) is 3.63. The number of fused-ring (bicyclic) bond motifs is 1. The molecule has 0 unspecified atom stereocenters. The number of nitrogens with zero attached hydrogens (tertiary/aromatic N) is 2. The van der Waals surface area contributed by atoms with E-state index >= 15 is 0 Å². The van der Waals surface area contributed by atoms with Crippen LogP contribution >= 0.6 is 11.3 Å². The Hall–Kier alpha value is -2.76. The molecule has 2 aromatic carbocycles. The Bertz CT molecular complexity index is 1240. The molecule has 148 valence electrons. The number of aromatic nitrogens is 2. The molecule has 2 aromatic heterocycles. The SMILES string of the molecule is COCCn1c(-c2ccc(C)cc2)nc2scc(-c3ccc(C)c(C)c3)c2c1=O. The van der Waals surface area contributed by atoms with Gasteiger partial charge in [0.15, 0.2) is 0 Å². The van der Waals surface area contributed by atoms with Crippen molar-refractivity contribution in [2.75, 3.05) is 13.7 Å². The molecule has 4 nitrogen and oxygen atoms in total. The van der Waals surface area contributed by atoms with Gasteiger partial charge in [-0.15, -0.1) is 11.3 Å². The molecule has 5 heteroatoms. The molecule has 0 aliphatic rings. The van der Waals surface area contributed by atoms with Gasteiger partial charge in [0.1, 0.15) is 10.7 Å². The summed E-state index contributed by atoms with van der Waals surface area (Å²) in [5.41, 5.74) is 6.56. The highest BCUT2D eigenvalue weighted by Gasteiger charge is 2.18. The molecule has 0 spiro atoms. The van der Waals surface area contributed by atoms with Gasteiger partial charge in [0.2, 0.25) is 0 Å². The Morgan fingerprint density at radius 1 is 1.00 bits per heavy atom. The lowest BCUT2D eigenvalue weighted by molar-refractivity contribution is 0.186. The molecule has 0 radical (unpaired) electrons. The van der Waals surface area contributed by atoms with E-state index in [1.54, 1.807) is 11.7 Å². The number of thiophene rings is 1. The molecule has 0 saturated heterocycles. The molecule has 0 bridgehead atoms. The minimum atomic E-state index is -0.0166. The van der Waals surface area contributed by atoms with Gasteiger partial charge in [0, 0.05) is 23.6 Å². The predicted octanol–water partition coefficient (Wildman–Crippen LogP) is 5.36. The first kappa shape index (κ1) is 19.6. The average Bonchev–Trinajstić information content (AvgIpc) is 3.14. The normalized spacial score (nSPS) is 11.3. The first-order valence-electron chi connectivity index (χ1n) is 9.65. The Morgan fingerprint density at radius 2 is 1.72 bits per heavy atom. The van der Waals surface area contributed by atoms with Crippen molar-refractivity contribution in [1.82, 2.24) is 9.55 Å². The standard InChI is InChI=1S/C24H24N2O2S/c1-15-5-8-18(9-6-15)22-25-23-21(24(27)26(22)11-12-28-4)20(14-29-23)19-10-7-16(2)17(3)13-19/h5-10,13-14H,11-12H2,1-4H3. The summed E-state index contributed by atoms with van der Waals surface area (Å²) in [6.45, 7) is 7.16. The van der Waals surface area contributed by atoms with Gasteiger partial charge in [0.05, 0.1) is 18.5 Å². The Balaban J connectivity index is 1.96. The molecule has 4 aromatic rings. The van der Waals surface area contributed by atoms with Crippen LogP contribution in [0.25, 0.3) is 32.7 Å². The van der Waals surface area contributed by atoms with Gasteiger partial charge in [-0.1, -0.05) is 48.0 Å². The van der Waals surface area contributed by atoms with E-state index in [-0.39, 0.29) is 5.56 Å². The Labute approximate surface area is 174 Å². The van der Waals surface area contributed by atoms with Crippen LogP contribution < -0.4 is 5.56 Å². The second kappa shape index (κ2) is 7.93. The van der Waals surface area contributed by atoms with Crippen molar-refractivity contribution in [2.45, 2.75) is 27.3 Å². The third-order valence-corrected chi connectivity index (χ3v) is 6.21. The van der Waals surface area contributed by atoms with Crippen LogP contribution in [0, 0.1) is 20.8 Å². The molecule has 4 rings (SSSR count). The van der Waals surface area contributed by atoms with Crippen molar-refractivity contribution in [2.24, 2.45) is 0 Å². The number of hydrogen-bond donors (Lipinski definition) is 0. The zero-order valence-electron chi connectivity index (χ0n) is 17.2. The lowest BCUT2D eigenvalue weighted by Gasteiger charge is -2.13. The summed E-state index contributed by atoms with van der Waals surface area (Å²) >= 11 is 1.52. The lowest BCUT2D eigenvalue weighted by Crippen LogP contribution is -2.25. The highest BCUT2D eigenvalue weighted by molar-refractivity contribution is 7.17. The van der Waals surface area contributed by atoms with Gasteiger partial charge in [-0.25, -0.2) is 4.98 Å². The Morgan fingerprint density at radius 3 is 2.41 bits per heavy atom. The summed E-state index contributed by atoms with van der Waals surface area (Å²) in [6.07, 6.45) is 0. The highest BCUT2D eigenvalue weighted by atomic mass is 32.1. The fourth-order valence-electron chi connectivity index (χ4n) is 3.46. The maximum Gasteiger partial charge on any atom is 0.263 e. The minimum Gasteiger partial charge on any atom is -0.383 e. The molecule has 29 heavy (non-hydrogen) atoms. The molecule has 0 amide bonds. The van der Waals surface area contributed by atoms with E-state index < -0.39 is 0 Å². The molecule has 0 aliphatic carbocycles. The monoisotopic (exact) mass is 404 g/mol. The average molecular weight is 405 g/mol. The smallest absolute Gasteiger partial charge is 0.263 e. The summed E-state index contributed by atoms with van der Waals surface area (Å²) in [4.78, 5) is 19.2. The largest absolute Gasteiger partial charge is 0.383 e. The zero-order valence-corrected chi connectivity index (χ0v) is 18.0. The molecule has 0 aliphatic heterocycles. The maximum absolute atomic E-state index is 13.6. The summed E-state index contributed by atoms with van der Waals surface area (Å²) in [5.74, 6) is 0.688. The van der Waals surface area contributed by atoms with Gasteiger partial charge >= 0.3 is 0 Å². The molecule has 0 saturated carbocycles. The summed E-state index contributed by atoms with van der Waals surface area (Å²) in [6, 6.07) is 14.4. The van der Waals surface area contributed by atoms with Crippen LogP contribution in [0.1, 0.15) is 16.7 Å². The number of hydrogen-bond acceptors (Lipinski definition) is 4. The van der Waals surface area contributed by atoms with E-state index in [0.29, 0.717) is 24.4 Å². The van der Waals surface area contributed by atoms with Crippen LogP contribution in [0.15, 0.2) is 52.6 Å². The predicted molar refractivity (Wildman–Crippen MR) is 121 cm³/mol. The van der Waals surface area contributed by atoms with Gasteiger partial charge < -0.3 is 4.74 Å². The first-order chi connectivity index (χ1) is 14.0. The van der Waals surface area contributed by atoms with E-state index in [2.05, 4.69) is 32.0 Å². The van der Waals surface area contributed by atoms with Crippen molar-refractivity contribution in [3.05, 3.63) is 74.9 Å². The second-order valence-corrected chi connectivity index (χ2v) is 8.24. The summed E-state index contributed by atoms with van der Waals surface area (Å²) < 4.78 is 7.01. The van der Waals surface area contributed by atoms with Crippen LogP contribution in [0.3, 0.4) is 0 Å². The molecule has 0 N–H and O–H groups in total. The van der Waals surface area contributed by atoms with Crippen molar-refractivity contribution >= 4 is 21.6 Å². The molecule has 2 heterocycles. The quantitative estimate of drug-likeness (QED) is 0.449. The van der Waals surface area contributed by atoms with Crippen LogP contribution in [0.2, 0.25) is 0 Å². The first-order valence-corrected chi connectivity index (χ1v) is 10.5. The van der Waals surface area contributed by atoms with Gasteiger partial charge in [-0.05, 0) is 37.5 Å². The molecular weight excluding hydrogens is 380 g/mol. The number of aryl methyl sites for hydroxylation is 3. The number of rotatable bonds is 5. The van der Waals surface area contributed by atoms with Crippen LogP contribution in [-0.2, 0) is 11.3 Å². The van der Waals surface area contributed by atoms with Crippen molar-refractivity contribution in [3.63, 3.8) is 0 Å². The third-order valence-electron chi connectivity index (χ3n) is 5.34. The molecule has 0 atom stereocenters. The number of methoxy groups -OCH3 is 1. The van der Waals surface area contributed by atoms with E-state index in [1.165, 1.54) is 28.0 Å². The van der Waals surface area contributed by atoms with Gasteiger partial charge in [0.25, 0.3) is 5.56 Å². The highest BCUT2D eigenvalue weighted by Crippen LogP contribution is 2.33.